The van der Waals surface area contributed by atoms with Gasteiger partial charge in [0.15, 0.2) is 5.03 Å². The van der Waals surface area contributed by atoms with Crippen molar-refractivity contribution in [2.24, 2.45) is 0 Å². The molecule has 24 heavy (non-hydrogen) atoms. The molecule has 0 aliphatic heterocycles. The molecule has 1 N–H and O–H groups in total. The van der Waals surface area contributed by atoms with Gasteiger partial charge in [-0.1, -0.05) is 24.3 Å². The molecule has 1 fully saturated rings. The lowest BCUT2D eigenvalue weighted by molar-refractivity contribution is 0.596. The van der Waals surface area contributed by atoms with Gasteiger partial charge < -0.3 is 0 Å². The molecule has 0 unspecified atom stereocenters. The Bertz CT molecular complexity index is 1030. The zero-order valence-corrected chi connectivity index (χ0v) is 14.0. The molecule has 0 radical (unpaired) electrons. The van der Waals surface area contributed by atoms with Crippen molar-refractivity contribution >= 4 is 26.6 Å². The van der Waals surface area contributed by atoms with Crippen LogP contribution >= 0.6 is 0 Å². The second kappa shape index (κ2) is 5.56. The van der Waals surface area contributed by atoms with Gasteiger partial charge in [0.25, 0.3) is 10.0 Å². The third-order valence-corrected chi connectivity index (χ3v) is 5.69. The van der Waals surface area contributed by atoms with Crippen LogP contribution in [0.2, 0.25) is 0 Å². The third-order valence-electron chi connectivity index (χ3n) is 4.28. The predicted octanol–water partition coefficient (Wildman–Crippen LogP) is 3.62. The van der Waals surface area contributed by atoms with Gasteiger partial charge in [-0.15, -0.1) is 0 Å². The van der Waals surface area contributed by atoms with Crippen molar-refractivity contribution in [3.8, 4) is 0 Å². The summed E-state index contributed by atoms with van der Waals surface area (Å²) in [5, 5.41) is 0.969. The Morgan fingerprint density at radius 3 is 2.54 bits per heavy atom. The first-order valence-electron chi connectivity index (χ1n) is 7.88. The number of sulfonamides is 1. The first-order valence-corrected chi connectivity index (χ1v) is 9.36. The van der Waals surface area contributed by atoms with Gasteiger partial charge in [0.1, 0.15) is 0 Å². The lowest BCUT2D eigenvalue weighted by Crippen LogP contribution is -2.17. The number of hydrogen-bond donors (Lipinski definition) is 1. The number of rotatable bonds is 4. The third kappa shape index (κ3) is 2.63. The highest BCUT2D eigenvalue weighted by Crippen LogP contribution is 2.45. The van der Waals surface area contributed by atoms with Crippen LogP contribution in [0.4, 0.5) is 5.69 Å². The van der Waals surface area contributed by atoms with Gasteiger partial charge in [-0.3, -0.25) is 9.71 Å². The summed E-state index contributed by atoms with van der Waals surface area (Å²) >= 11 is 0. The Hall–Kier alpha value is -2.47. The average molecular weight is 339 g/mol. The second-order valence-corrected chi connectivity index (χ2v) is 7.71. The van der Waals surface area contributed by atoms with Crippen molar-refractivity contribution in [3.63, 3.8) is 0 Å². The summed E-state index contributed by atoms with van der Waals surface area (Å²) in [5.41, 5.74) is 2.89. The van der Waals surface area contributed by atoms with Crippen LogP contribution in [0.3, 0.4) is 0 Å². The number of aryl methyl sites for hydroxylation is 1. The molecule has 4 rings (SSSR count). The van der Waals surface area contributed by atoms with E-state index in [9.17, 15) is 8.42 Å². The maximum absolute atomic E-state index is 12.9. The largest absolute Gasteiger partial charge is 0.279 e. The highest BCUT2D eigenvalue weighted by atomic mass is 32.2. The van der Waals surface area contributed by atoms with Gasteiger partial charge in [-0.05, 0) is 48.9 Å². The molecule has 3 aromatic rings. The van der Waals surface area contributed by atoms with E-state index in [1.165, 1.54) is 6.20 Å². The van der Waals surface area contributed by atoms with Crippen molar-refractivity contribution < 1.29 is 8.42 Å². The predicted molar refractivity (Wildman–Crippen MR) is 93.5 cm³/mol. The van der Waals surface area contributed by atoms with E-state index in [-0.39, 0.29) is 5.03 Å². The molecule has 0 bridgehead atoms. The van der Waals surface area contributed by atoms with Gasteiger partial charge in [0.05, 0.1) is 11.2 Å². The summed E-state index contributed by atoms with van der Waals surface area (Å²) in [6.07, 6.45) is 5.33. The van der Waals surface area contributed by atoms with Crippen molar-refractivity contribution in [1.82, 2.24) is 9.97 Å². The highest BCUT2D eigenvalue weighted by Gasteiger charge is 2.29. The molecular formula is C18H17N3O2S. The summed E-state index contributed by atoms with van der Waals surface area (Å²) in [6.45, 7) is 1.74. The van der Waals surface area contributed by atoms with Crippen molar-refractivity contribution in [3.05, 3.63) is 59.9 Å². The van der Waals surface area contributed by atoms with Crippen LogP contribution in [0.15, 0.2) is 53.8 Å². The van der Waals surface area contributed by atoms with Gasteiger partial charge in [-0.25, -0.2) is 4.98 Å². The SMILES string of the molecule is Cc1cccnc1S(=O)(=O)Nc1c(C2CC2)ccc2cccnc12. The number of benzene rings is 1. The van der Waals surface area contributed by atoms with Crippen LogP contribution in [0.5, 0.6) is 0 Å². The first-order chi connectivity index (χ1) is 11.6. The summed E-state index contributed by atoms with van der Waals surface area (Å²) in [7, 11) is -3.76. The minimum absolute atomic E-state index is 0.0553. The Morgan fingerprint density at radius 2 is 1.79 bits per heavy atom. The second-order valence-electron chi connectivity index (χ2n) is 6.11. The molecule has 0 amide bonds. The number of pyridine rings is 2. The number of fused-ring (bicyclic) bond motifs is 1. The van der Waals surface area contributed by atoms with E-state index in [4.69, 9.17) is 0 Å². The molecule has 0 atom stereocenters. The molecule has 0 saturated heterocycles. The van der Waals surface area contributed by atoms with E-state index in [1.807, 2.05) is 24.3 Å². The van der Waals surface area contributed by atoms with Crippen LogP contribution in [-0.4, -0.2) is 18.4 Å². The van der Waals surface area contributed by atoms with Crippen LogP contribution in [0.25, 0.3) is 10.9 Å². The molecule has 5 nitrogen and oxygen atoms in total. The number of hydrogen-bond acceptors (Lipinski definition) is 4. The summed E-state index contributed by atoms with van der Waals surface area (Å²) in [4.78, 5) is 8.45. The molecule has 2 heterocycles. The van der Waals surface area contributed by atoms with Crippen molar-refractivity contribution in [1.29, 1.82) is 0 Å². The van der Waals surface area contributed by atoms with E-state index < -0.39 is 10.0 Å². The van der Waals surface area contributed by atoms with Crippen LogP contribution in [-0.2, 0) is 10.0 Å². The van der Waals surface area contributed by atoms with Gasteiger partial charge >= 0.3 is 0 Å². The normalized spacial score (nSPS) is 14.7. The van der Waals surface area contributed by atoms with Gasteiger partial charge in [0, 0.05) is 17.8 Å². The molecule has 1 aliphatic rings. The fourth-order valence-electron chi connectivity index (χ4n) is 2.94. The summed E-state index contributed by atoms with van der Waals surface area (Å²) in [5.74, 6) is 0.402. The molecule has 1 aliphatic carbocycles. The van der Waals surface area contributed by atoms with E-state index in [0.717, 1.165) is 23.8 Å². The average Bonchev–Trinajstić information content (AvgIpc) is 3.40. The topological polar surface area (TPSA) is 72.0 Å². The number of anilines is 1. The fourth-order valence-corrected chi connectivity index (χ4v) is 4.21. The quantitative estimate of drug-likeness (QED) is 0.788. The fraction of sp³-hybridized carbons (Fsp3) is 0.222. The van der Waals surface area contributed by atoms with Gasteiger partial charge in [-0.2, -0.15) is 8.42 Å². The molecule has 1 saturated carbocycles. The summed E-state index contributed by atoms with van der Waals surface area (Å²) in [6, 6.07) is 11.3. The molecule has 2 aromatic heterocycles. The standard InChI is InChI=1S/C18H17N3O2S/c1-12-4-2-11-20-18(12)24(22,23)21-17-15(13-6-7-13)9-8-14-5-3-10-19-16(14)17/h2-5,8-11,13,21H,6-7H2,1H3. The highest BCUT2D eigenvalue weighted by molar-refractivity contribution is 7.92. The maximum atomic E-state index is 12.9. The van der Waals surface area contributed by atoms with Gasteiger partial charge in [0.2, 0.25) is 0 Å². The number of nitrogens with zero attached hydrogens (tertiary/aromatic N) is 2. The van der Waals surface area contributed by atoms with E-state index >= 15 is 0 Å². The van der Waals surface area contributed by atoms with Crippen LogP contribution in [0.1, 0.15) is 29.9 Å². The zero-order valence-electron chi connectivity index (χ0n) is 13.2. The Balaban J connectivity index is 1.87. The molecule has 1 aromatic carbocycles. The molecule has 6 heteroatoms. The van der Waals surface area contributed by atoms with Crippen molar-refractivity contribution in [2.45, 2.75) is 30.7 Å². The van der Waals surface area contributed by atoms with E-state index in [2.05, 4.69) is 14.7 Å². The molecular weight excluding hydrogens is 322 g/mol. The Labute approximate surface area is 140 Å². The van der Waals surface area contributed by atoms with Crippen molar-refractivity contribution in [2.75, 3.05) is 4.72 Å². The minimum atomic E-state index is -3.76. The maximum Gasteiger partial charge on any atom is 0.279 e. The minimum Gasteiger partial charge on any atom is -0.276 e. The summed E-state index contributed by atoms with van der Waals surface area (Å²) < 4.78 is 28.5. The Morgan fingerprint density at radius 1 is 1.04 bits per heavy atom. The lowest BCUT2D eigenvalue weighted by Gasteiger charge is -2.15. The zero-order chi connectivity index (χ0) is 16.7. The molecule has 122 valence electrons. The van der Waals surface area contributed by atoms with E-state index in [1.54, 1.807) is 25.3 Å². The van der Waals surface area contributed by atoms with E-state index in [0.29, 0.717) is 22.7 Å². The number of aromatic nitrogens is 2. The smallest absolute Gasteiger partial charge is 0.276 e. The monoisotopic (exact) mass is 339 g/mol. The first kappa shape index (κ1) is 15.1. The number of nitrogens with one attached hydrogen (secondary N) is 1. The lowest BCUT2D eigenvalue weighted by atomic mass is 10.1. The van der Waals surface area contributed by atoms with Crippen LogP contribution < -0.4 is 4.72 Å². The Kier molecular flexibility index (Phi) is 3.49. The molecule has 0 spiro atoms. The van der Waals surface area contributed by atoms with Crippen LogP contribution in [0, 0.1) is 6.92 Å².